The summed E-state index contributed by atoms with van der Waals surface area (Å²) in [5.41, 5.74) is -0.227. The molecule has 0 aliphatic heterocycles. The molecule has 1 N–H and O–H groups in total. The molecule has 0 radical (unpaired) electrons. The van der Waals surface area contributed by atoms with E-state index in [-0.39, 0.29) is 5.60 Å². The van der Waals surface area contributed by atoms with Crippen LogP contribution in [0.3, 0.4) is 0 Å². The first-order valence-electron chi connectivity index (χ1n) is 3.89. The summed E-state index contributed by atoms with van der Waals surface area (Å²) >= 11 is 0. The summed E-state index contributed by atoms with van der Waals surface area (Å²) in [6.07, 6.45) is 4.29. The number of aliphatic hydroxyl groups is 1. The molecule has 0 saturated heterocycles. The first-order chi connectivity index (χ1) is 4.16. The Labute approximate surface area is 57.1 Å². The third kappa shape index (κ3) is 1.98. The highest BCUT2D eigenvalue weighted by Crippen LogP contribution is 2.41. The Hall–Kier alpha value is -0.0400. The molecule has 0 aromatic rings. The second-order valence-corrected chi connectivity index (χ2v) is 3.44. The summed E-state index contributed by atoms with van der Waals surface area (Å²) in [6, 6.07) is 0. The standard InChI is InChI=1S/C8H16O/c1-3-7(2)6-8(9)4-5-8/h7,9H,3-6H2,1-2H3. The molecule has 1 rings (SSSR count). The zero-order valence-corrected chi connectivity index (χ0v) is 6.35. The van der Waals surface area contributed by atoms with E-state index in [2.05, 4.69) is 13.8 Å². The summed E-state index contributed by atoms with van der Waals surface area (Å²) in [5.74, 6) is 0.706. The normalized spacial score (nSPS) is 25.7. The molecule has 1 aliphatic rings. The molecule has 1 heteroatoms. The van der Waals surface area contributed by atoms with Crippen molar-refractivity contribution in [3.8, 4) is 0 Å². The molecule has 0 spiro atoms. The lowest BCUT2D eigenvalue weighted by molar-refractivity contribution is 0.120. The van der Waals surface area contributed by atoms with Gasteiger partial charge in [0.25, 0.3) is 0 Å². The first-order valence-corrected chi connectivity index (χ1v) is 3.89. The topological polar surface area (TPSA) is 20.2 Å². The molecule has 1 nitrogen and oxygen atoms in total. The second kappa shape index (κ2) is 2.30. The van der Waals surface area contributed by atoms with Crippen molar-refractivity contribution in [3.63, 3.8) is 0 Å². The molecule has 9 heavy (non-hydrogen) atoms. The molecule has 1 atom stereocenters. The van der Waals surface area contributed by atoms with E-state index in [9.17, 15) is 5.11 Å². The lowest BCUT2D eigenvalue weighted by Crippen LogP contribution is -2.11. The Morgan fingerprint density at radius 1 is 1.56 bits per heavy atom. The summed E-state index contributed by atoms with van der Waals surface area (Å²) in [7, 11) is 0. The lowest BCUT2D eigenvalue weighted by Gasteiger charge is -2.12. The Morgan fingerprint density at radius 3 is 2.44 bits per heavy atom. The van der Waals surface area contributed by atoms with Crippen molar-refractivity contribution in [3.05, 3.63) is 0 Å². The van der Waals surface area contributed by atoms with Crippen LogP contribution in [0.2, 0.25) is 0 Å². The summed E-state index contributed by atoms with van der Waals surface area (Å²) in [5, 5.41) is 9.43. The molecule has 0 aromatic carbocycles. The van der Waals surface area contributed by atoms with Crippen molar-refractivity contribution in [2.45, 2.75) is 45.1 Å². The van der Waals surface area contributed by atoms with Crippen molar-refractivity contribution in [1.29, 1.82) is 0 Å². The molecule has 0 bridgehead atoms. The molecular weight excluding hydrogens is 112 g/mol. The fourth-order valence-electron chi connectivity index (χ4n) is 1.14. The smallest absolute Gasteiger partial charge is 0.0652 e. The Bertz CT molecular complexity index is 94.7. The Kier molecular flexibility index (Phi) is 1.80. The monoisotopic (exact) mass is 128 g/mol. The van der Waals surface area contributed by atoms with E-state index in [0.717, 1.165) is 19.3 Å². The first kappa shape index (κ1) is 7.07. The number of hydrogen-bond donors (Lipinski definition) is 1. The van der Waals surface area contributed by atoms with E-state index in [4.69, 9.17) is 0 Å². The molecule has 1 aliphatic carbocycles. The van der Waals surface area contributed by atoms with Gasteiger partial charge in [0.05, 0.1) is 5.60 Å². The van der Waals surface area contributed by atoms with E-state index in [1.807, 2.05) is 0 Å². The molecule has 54 valence electrons. The van der Waals surface area contributed by atoms with Gasteiger partial charge in [0.15, 0.2) is 0 Å². The molecule has 1 fully saturated rings. The van der Waals surface area contributed by atoms with Gasteiger partial charge in [-0.25, -0.2) is 0 Å². The maximum atomic E-state index is 9.43. The van der Waals surface area contributed by atoms with E-state index in [1.165, 1.54) is 6.42 Å². The molecule has 0 amide bonds. The van der Waals surface area contributed by atoms with Gasteiger partial charge in [0.2, 0.25) is 0 Å². The number of hydrogen-bond acceptors (Lipinski definition) is 1. The second-order valence-electron chi connectivity index (χ2n) is 3.44. The van der Waals surface area contributed by atoms with Gasteiger partial charge in [0.1, 0.15) is 0 Å². The van der Waals surface area contributed by atoms with Crippen LogP contribution in [-0.4, -0.2) is 10.7 Å². The minimum atomic E-state index is -0.227. The van der Waals surface area contributed by atoms with Crippen LogP contribution in [-0.2, 0) is 0 Å². The predicted octanol–water partition coefficient (Wildman–Crippen LogP) is 1.95. The van der Waals surface area contributed by atoms with Crippen molar-refractivity contribution in [1.82, 2.24) is 0 Å². The predicted molar refractivity (Wildman–Crippen MR) is 38.3 cm³/mol. The minimum Gasteiger partial charge on any atom is -0.390 e. The van der Waals surface area contributed by atoms with Gasteiger partial charge in [-0.3, -0.25) is 0 Å². The average molecular weight is 128 g/mol. The average Bonchev–Trinajstić information content (AvgIpc) is 2.48. The summed E-state index contributed by atoms with van der Waals surface area (Å²) in [6.45, 7) is 4.38. The van der Waals surface area contributed by atoms with Gasteiger partial charge in [-0.05, 0) is 25.2 Å². The van der Waals surface area contributed by atoms with Crippen molar-refractivity contribution in [2.24, 2.45) is 5.92 Å². The third-order valence-corrected chi connectivity index (χ3v) is 2.25. The van der Waals surface area contributed by atoms with Crippen LogP contribution in [0.1, 0.15) is 39.5 Å². The molecular formula is C8H16O. The van der Waals surface area contributed by atoms with E-state index < -0.39 is 0 Å². The van der Waals surface area contributed by atoms with Crippen molar-refractivity contribution in [2.75, 3.05) is 0 Å². The highest BCUT2D eigenvalue weighted by molar-refractivity contribution is 4.93. The van der Waals surface area contributed by atoms with Crippen molar-refractivity contribution >= 4 is 0 Å². The molecule has 0 aromatic heterocycles. The van der Waals surface area contributed by atoms with Gasteiger partial charge in [-0.15, -0.1) is 0 Å². The summed E-state index contributed by atoms with van der Waals surface area (Å²) < 4.78 is 0. The highest BCUT2D eigenvalue weighted by atomic mass is 16.3. The van der Waals surface area contributed by atoms with Gasteiger partial charge >= 0.3 is 0 Å². The molecule has 1 unspecified atom stereocenters. The third-order valence-electron chi connectivity index (χ3n) is 2.25. The van der Waals surface area contributed by atoms with Gasteiger partial charge < -0.3 is 5.11 Å². The van der Waals surface area contributed by atoms with Crippen LogP contribution >= 0.6 is 0 Å². The van der Waals surface area contributed by atoms with E-state index >= 15 is 0 Å². The van der Waals surface area contributed by atoms with E-state index in [1.54, 1.807) is 0 Å². The number of rotatable bonds is 3. The SMILES string of the molecule is CCC(C)CC1(O)CC1. The maximum absolute atomic E-state index is 9.43. The molecule has 0 heterocycles. The largest absolute Gasteiger partial charge is 0.390 e. The molecule has 1 saturated carbocycles. The van der Waals surface area contributed by atoms with Crippen LogP contribution in [0, 0.1) is 5.92 Å². The van der Waals surface area contributed by atoms with Crippen LogP contribution in [0.15, 0.2) is 0 Å². The summed E-state index contributed by atoms with van der Waals surface area (Å²) in [4.78, 5) is 0. The van der Waals surface area contributed by atoms with Crippen LogP contribution in [0.4, 0.5) is 0 Å². The lowest BCUT2D eigenvalue weighted by atomic mass is 10.00. The van der Waals surface area contributed by atoms with Gasteiger partial charge in [0, 0.05) is 0 Å². The van der Waals surface area contributed by atoms with E-state index in [0.29, 0.717) is 5.92 Å². The van der Waals surface area contributed by atoms with Gasteiger partial charge in [-0.1, -0.05) is 20.3 Å². The van der Waals surface area contributed by atoms with Crippen molar-refractivity contribution < 1.29 is 5.11 Å². The minimum absolute atomic E-state index is 0.227. The van der Waals surface area contributed by atoms with Crippen LogP contribution in [0.5, 0.6) is 0 Å². The van der Waals surface area contributed by atoms with Crippen LogP contribution in [0.25, 0.3) is 0 Å². The zero-order valence-electron chi connectivity index (χ0n) is 6.35. The van der Waals surface area contributed by atoms with Crippen LogP contribution < -0.4 is 0 Å². The Morgan fingerprint density at radius 2 is 2.11 bits per heavy atom. The Balaban J connectivity index is 2.17. The highest BCUT2D eigenvalue weighted by Gasteiger charge is 2.40. The fraction of sp³-hybridized carbons (Fsp3) is 1.00. The fourth-order valence-corrected chi connectivity index (χ4v) is 1.14. The quantitative estimate of drug-likeness (QED) is 0.616. The zero-order chi connectivity index (χ0) is 6.91. The van der Waals surface area contributed by atoms with Gasteiger partial charge in [-0.2, -0.15) is 0 Å². The maximum Gasteiger partial charge on any atom is 0.0652 e.